The molecule has 0 bridgehead atoms. The van der Waals surface area contributed by atoms with Crippen molar-refractivity contribution in [2.45, 2.75) is 6.04 Å². The first-order valence-electron chi connectivity index (χ1n) is 8.54. The van der Waals surface area contributed by atoms with E-state index < -0.39 is 0 Å². The summed E-state index contributed by atoms with van der Waals surface area (Å²) in [5.41, 5.74) is 4.42. The molecule has 0 saturated heterocycles. The van der Waals surface area contributed by atoms with Gasteiger partial charge in [0.1, 0.15) is 0 Å². The quantitative estimate of drug-likeness (QED) is 0.557. The molecular weight excluding hydrogens is 304 g/mol. The fourth-order valence-corrected chi connectivity index (χ4v) is 3.34. The first-order chi connectivity index (χ1) is 12.4. The number of hydrogen-bond acceptors (Lipinski definition) is 2. The predicted octanol–water partition coefficient (Wildman–Crippen LogP) is 5.21. The third kappa shape index (κ3) is 3.04. The second kappa shape index (κ2) is 6.88. The summed E-state index contributed by atoms with van der Waals surface area (Å²) in [5.74, 6) is 0. The summed E-state index contributed by atoms with van der Waals surface area (Å²) < 4.78 is 0. The van der Waals surface area contributed by atoms with E-state index in [-0.39, 0.29) is 6.04 Å². The molecule has 0 saturated carbocycles. The Bertz CT molecular complexity index is 988. The van der Waals surface area contributed by atoms with Crippen LogP contribution in [0.3, 0.4) is 0 Å². The van der Waals surface area contributed by atoms with Gasteiger partial charge in [0, 0.05) is 5.56 Å². The number of pyridine rings is 1. The monoisotopic (exact) mass is 324 g/mol. The van der Waals surface area contributed by atoms with Crippen molar-refractivity contribution in [2.75, 3.05) is 7.05 Å². The maximum Gasteiger partial charge on any atom is 0.0749 e. The van der Waals surface area contributed by atoms with Gasteiger partial charge in [-0.25, -0.2) is 0 Å². The maximum atomic E-state index is 4.98. The second-order valence-electron chi connectivity index (χ2n) is 6.11. The number of aromatic nitrogens is 1. The van der Waals surface area contributed by atoms with Crippen LogP contribution in [0.15, 0.2) is 91.0 Å². The molecule has 4 rings (SSSR count). The van der Waals surface area contributed by atoms with Crippen LogP contribution in [-0.4, -0.2) is 12.0 Å². The molecule has 3 aromatic carbocycles. The minimum absolute atomic E-state index is 0.0797. The fraction of sp³-hybridized carbons (Fsp3) is 0.0870. The highest BCUT2D eigenvalue weighted by atomic mass is 14.9. The van der Waals surface area contributed by atoms with E-state index in [1.807, 2.05) is 13.1 Å². The molecular formula is C23H20N2. The predicted molar refractivity (Wildman–Crippen MR) is 105 cm³/mol. The highest BCUT2D eigenvalue weighted by Crippen LogP contribution is 2.29. The van der Waals surface area contributed by atoms with Crippen molar-refractivity contribution in [3.05, 3.63) is 102 Å². The van der Waals surface area contributed by atoms with Gasteiger partial charge in [-0.3, -0.25) is 4.98 Å². The molecule has 25 heavy (non-hydrogen) atoms. The highest BCUT2D eigenvalue weighted by Gasteiger charge is 2.14. The Morgan fingerprint density at radius 3 is 2.28 bits per heavy atom. The van der Waals surface area contributed by atoms with Gasteiger partial charge in [-0.1, -0.05) is 78.9 Å². The molecule has 1 atom stereocenters. The first kappa shape index (κ1) is 15.6. The Balaban J connectivity index is 1.81. The van der Waals surface area contributed by atoms with Crippen LogP contribution in [0.1, 0.15) is 17.3 Å². The molecule has 122 valence electrons. The lowest BCUT2D eigenvalue weighted by molar-refractivity contribution is 0.672. The van der Waals surface area contributed by atoms with E-state index in [4.69, 9.17) is 4.98 Å². The van der Waals surface area contributed by atoms with Gasteiger partial charge in [-0.15, -0.1) is 0 Å². The summed E-state index contributed by atoms with van der Waals surface area (Å²) in [5, 5.41) is 5.86. The third-order valence-electron chi connectivity index (χ3n) is 4.55. The molecule has 0 aliphatic heterocycles. The van der Waals surface area contributed by atoms with Crippen molar-refractivity contribution in [1.29, 1.82) is 0 Å². The van der Waals surface area contributed by atoms with E-state index in [1.165, 1.54) is 21.9 Å². The number of hydrogen-bond donors (Lipinski definition) is 1. The van der Waals surface area contributed by atoms with Crippen LogP contribution in [0.2, 0.25) is 0 Å². The molecule has 2 nitrogen and oxygen atoms in total. The van der Waals surface area contributed by atoms with Gasteiger partial charge in [-0.05, 0) is 35.5 Å². The van der Waals surface area contributed by atoms with Crippen molar-refractivity contribution in [2.24, 2.45) is 0 Å². The van der Waals surface area contributed by atoms with Crippen molar-refractivity contribution < 1.29 is 0 Å². The summed E-state index contributed by atoms with van der Waals surface area (Å²) in [6, 6.07) is 31.6. The molecule has 0 aliphatic carbocycles. The lowest BCUT2D eigenvalue weighted by Crippen LogP contribution is -2.18. The summed E-state index contributed by atoms with van der Waals surface area (Å²) >= 11 is 0. The normalized spacial score (nSPS) is 12.2. The Morgan fingerprint density at radius 1 is 0.720 bits per heavy atom. The lowest BCUT2D eigenvalue weighted by atomic mass is 10.00. The standard InChI is InChI=1S/C23H20N2/c1-24-23(18-10-3-2-4-11-18)22-16-8-15-21(25-22)20-14-7-12-17-9-5-6-13-19(17)20/h2-16,23-24H,1H3. The lowest BCUT2D eigenvalue weighted by Gasteiger charge is -2.17. The van der Waals surface area contributed by atoms with Crippen LogP contribution in [-0.2, 0) is 0 Å². The number of nitrogens with one attached hydrogen (secondary N) is 1. The largest absolute Gasteiger partial charge is 0.308 e. The molecule has 0 amide bonds. The zero-order valence-corrected chi connectivity index (χ0v) is 14.2. The van der Waals surface area contributed by atoms with Gasteiger partial charge in [0.15, 0.2) is 0 Å². The zero-order chi connectivity index (χ0) is 17.1. The van der Waals surface area contributed by atoms with Gasteiger partial charge in [0.2, 0.25) is 0 Å². The summed E-state index contributed by atoms with van der Waals surface area (Å²) in [4.78, 5) is 4.98. The topological polar surface area (TPSA) is 24.9 Å². The maximum absolute atomic E-state index is 4.98. The molecule has 0 spiro atoms. The van der Waals surface area contributed by atoms with Gasteiger partial charge in [0.25, 0.3) is 0 Å². The minimum Gasteiger partial charge on any atom is -0.308 e. The third-order valence-corrected chi connectivity index (χ3v) is 4.55. The Labute approximate surface area is 148 Å². The van der Waals surface area contributed by atoms with Gasteiger partial charge < -0.3 is 5.32 Å². The van der Waals surface area contributed by atoms with E-state index in [2.05, 4.69) is 90.2 Å². The van der Waals surface area contributed by atoms with Crippen molar-refractivity contribution in [3.8, 4) is 11.3 Å². The van der Waals surface area contributed by atoms with E-state index >= 15 is 0 Å². The number of nitrogens with zero attached hydrogens (tertiary/aromatic N) is 1. The molecule has 0 fully saturated rings. The van der Waals surface area contributed by atoms with Crippen LogP contribution >= 0.6 is 0 Å². The molecule has 1 aromatic heterocycles. The van der Waals surface area contributed by atoms with Crippen molar-refractivity contribution in [3.63, 3.8) is 0 Å². The van der Waals surface area contributed by atoms with Gasteiger partial charge >= 0.3 is 0 Å². The summed E-state index contributed by atoms with van der Waals surface area (Å²) in [6.45, 7) is 0. The minimum atomic E-state index is 0.0797. The van der Waals surface area contributed by atoms with E-state index in [1.54, 1.807) is 0 Å². The molecule has 0 aliphatic rings. The molecule has 4 aromatic rings. The average Bonchev–Trinajstić information content (AvgIpc) is 2.69. The molecule has 2 heteroatoms. The first-order valence-corrected chi connectivity index (χ1v) is 8.54. The number of rotatable bonds is 4. The van der Waals surface area contributed by atoms with Gasteiger partial charge in [-0.2, -0.15) is 0 Å². The van der Waals surface area contributed by atoms with Crippen LogP contribution in [0.4, 0.5) is 0 Å². The zero-order valence-electron chi connectivity index (χ0n) is 14.2. The second-order valence-corrected chi connectivity index (χ2v) is 6.11. The fourth-order valence-electron chi connectivity index (χ4n) is 3.34. The van der Waals surface area contributed by atoms with E-state index in [0.29, 0.717) is 0 Å². The van der Waals surface area contributed by atoms with Crippen LogP contribution in [0.25, 0.3) is 22.0 Å². The number of benzene rings is 3. The smallest absolute Gasteiger partial charge is 0.0749 e. The number of fused-ring (bicyclic) bond motifs is 1. The summed E-state index contributed by atoms with van der Waals surface area (Å²) in [7, 11) is 1.98. The summed E-state index contributed by atoms with van der Waals surface area (Å²) in [6.07, 6.45) is 0. The Kier molecular flexibility index (Phi) is 4.28. The highest BCUT2D eigenvalue weighted by molar-refractivity contribution is 5.95. The van der Waals surface area contributed by atoms with Crippen LogP contribution in [0.5, 0.6) is 0 Å². The molecule has 0 radical (unpaired) electrons. The van der Waals surface area contributed by atoms with Gasteiger partial charge in [0.05, 0.1) is 17.4 Å². The molecule has 1 heterocycles. The van der Waals surface area contributed by atoms with Crippen LogP contribution < -0.4 is 5.32 Å². The molecule has 1 unspecified atom stereocenters. The molecule has 1 N–H and O–H groups in total. The average molecular weight is 324 g/mol. The van der Waals surface area contributed by atoms with E-state index in [9.17, 15) is 0 Å². The van der Waals surface area contributed by atoms with Crippen molar-refractivity contribution in [1.82, 2.24) is 10.3 Å². The Morgan fingerprint density at radius 2 is 1.44 bits per heavy atom. The van der Waals surface area contributed by atoms with E-state index in [0.717, 1.165) is 11.4 Å². The van der Waals surface area contributed by atoms with Crippen LogP contribution in [0, 0.1) is 0 Å². The SMILES string of the molecule is CNC(c1ccccc1)c1cccc(-c2cccc3ccccc23)n1. The van der Waals surface area contributed by atoms with Crippen molar-refractivity contribution >= 4 is 10.8 Å². The Hall–Kier alpha value is -2.97.